The maximum absolute atomic E-state index is 13.0. The average molecular weight is 402 g/mol. The van der Waals surface area contributed by atoms with E-state index in [9.17, 15) is 9.59 Å². The minimum Gasteiger partial charge on any atom is -0.478 e. The molecule has 1 unspecified atom stereocenters. The molecule has 150 valence electrons. The van der Waals surface area contributed by atoms with Gasteiger partial charge in [0.2, 0.25) is 5.91 Å². The van der Waals surface area contributed by atoms with Crippen molar-refractivity contribution in [2.75, 3.05) is 25.0 Å². The Morgan fingerprint density at radius 1 is 1.36 bits per heavy atom. The predicted molar refractivity (Wildman–Crippen MR) is 112 cm³/mol. The summed E-state index contributed by atoms with van der Waals surface area (Å²) in [5.41, 5.74) is 2.41. The van der Waals surface area contributed by atoms with Crippen LogP contribution in [-0.4, -0.2) is 47.9 Å². The second-order valence-corrected chi connectivity index (χ2v) is 8.10. The van der Waals surface area contributed by atoms with Crippen molar-refractivity contribution in [2.24, 2.45) is 0 Å². The number of thiazole rings is 1. The van der Waals surface area contributed by atoms with E-state index in [0.717, 1.165) is 29.1 Å². The first kappa shape index (κ1) is 20.3. The number of benzene rings is 1. The fraction of sp³-hybridized carbons (Fsp3) is 0.476. The maximum atomic E-state index is 13.0. The third-order valence-electron chi connectivity index (χ3n) is 4.91. The van der Waals surface area contributed by atoms with Gasteiger partial charge in [0.25, 0.3) is 5.91 Å². The average Bonchev–Trinajstić information content (AvgIpc) is 3.13. The topological polar surface area (TPSA) is 62.7 Å². The molecule has 1 aliphatic rings. The van der Waals surface area contributed by atoms with Gasteiger partial charge in [-0.25, -0.2) is 4.98 Å². The third kappa shape index (κ3) is 4.19. The summed E-state index contributed by atoms with van der Waals surface area (Å²) in [6, 6.07) is 5.71. The van der Waals surface area contributed by atoms with Gasteiger partial charge in [0.05, 0.1) is 16.4 Å². The quantitative estimate of drug-likeness (QED) is 0.706. The molecule has 0 bridgehead atoms. The number of amides is 2. The summed E-state index contributed by atoms with van der Waals surface area (Å²) >= 11 is 1.58. The number of unbranched alkanes of at least 4 members (excludes halogenated alkanes) is 1. The summed E-state index contributed by atoms with van der Waals surface area (Å²) in [6.45, 7) is 6.67. The number of anilines is 1. The molecule has 3 rings (SSSR count). The second-order valence-electron chi connectivity index (χ2n) is 7.04. The van der Waals surface area contributed by atoms with Gasteiger partial charge in [0.1, 0.15) is 12.3 Å². The molecule has 0 spiro atoms. The number of aromatic nitrogens is 1. The lowest BCUT2D eigenvalue weighted by atomic mass is 10.1. The van der Waals surface area contributed by atoms with Crippen molar-refractivity contribution in [3.8, 4) is 17.0 Å². The van der Waals surface area contributed by atoms with E-state index in [1.54, 1.807) is 28.2 Å². The number of likely N-dealkylation sites (N-methyl/N-ethyl adjacent to an activating group) is 1. The molecule has 2 heterocycles. The van der Waals surface area contributed by atoms with Crippen LogP contribution in [0.4, 0.5) is 5.69 Å². The SMILES string of the molecule is CCCCN(C)C(=O)CN1C(=O)C(CC)Oc2ccc(-c3csc(C)n3)cc21. The van der Waals surface area contributed by atoms with Gasteiger partial charge in [-0.3, -0.25) is 14.5 Å². The summed E-state index contributed by atoms with van der Waals surface area (Å²) < 4.78 is 5.89. The van der Waals surface area contributed by atoms with E-state index in [0.29, 0.717) is 24.4 Å². The van der Waals surface area contributed by atoms with Crippen molar-refractivity contribution < 1.29 is 14.3 Å². The van der Waals surface area contributed by atoms with Gasteiger partial charge < -0.3 is 9.64 Å². The van der Waals surface area contributed by atoms with Crippen LogP contribution in [0.5, 0.6) is 5.75 Å². The Morgan fingerprint density at radius 2 is 2.14 bits per heavy atom. The highest BCUT2D eigenvalue weighted by molar-refractivity contribution is 7.09. The summed E-state index contributed by atoms with van der Waals surface area (Å²) in [4.78, 5) is 33.5. The van der Waals surface area contributed by atoms with Crippen LogP contribution in [0, 0.1) is 6.92 Å². The first-order chi connectivity index (χ1) is 13.4. The van der Waals surface area contributed by atoms with Crippen LogP contribution >= 0.6 is 11.3 Å². The first-order valence-corrected chi connectivity index (χ1v) is 10.6. The fourth-order valence-electron chi connectivity index (χ4n) is 3.18. The molecule has 2 aromatic rings. The molecule has 7 heteroatoms. The Bertz CT molecular complexity index is 864. The lowest BCUT2D eigenvalue weighted by Crippen LogP contribution is -2.50. The van der Waals surface area contributed by atoms with Crippen molar-refractivity contribution in [1.82, 2.24) is 9.88 Å². The van der Waals surface area contributed by atoms with Crippen molar-refractivity contribution in [2.45, 2.75) is 46.1 Å². The number of carbonyl (C=O) groups excluding carboxylic acids is 2. The van der Waals surface area contributed by atoms with Gasteiger partial charge in [-0.05, 0) is 38.0 Å². The number of ether oxygens (including phenoxy) is 1. The van der Waals surface area contributed by atoms with Crippen LogP contribution in [0.3, 0.4) is 0 Å². The Morgan fingerprint density at radius 3 is 2.79 bits per heavy atom. The highest BCUT2D eigenvalue weighted by atomic mass is 32.1. The smallest absolute Gasteiger partial charge is 0.268 e. The number of fused-ring (bicyclic) bond motifs is 1. The van der Waals surface area contributed by atoms with Gasteiger partial charge in [0.15, 0.2) is 6.10 Å². The molecule has 1 aromatic heterocycles. The molecular weight excluding hydrogens is 374 g/mol. The summed E-state index contributed by atoms with van der Waals surface area (Å²) in [5.74, 6) is 0.393. The molecule has 28 heavy (non-hydrogen) atoms. The number of hydrogen-bond donors (Lipinski definition) is 0. The standard InChI is InChI=1S/C21H27N3O3S/c1-5-7-10-23(4)20(25)12-24-17-11-15(16-13-28-14(3)22-16)8-9-19(17)27-18(6-2)21(24)26/h8-9,11,13,18H,5-7,10,12H2,1-4H3. The zero-order valence-corrected chi connectivity index (χ0v) is 17.7. The number of hydrogen-bond acceptors (Lipinski definition) is 5. The summed E-state index contributed by atoms with van der Waals surface area (Å²) in [6.07, 6.45) is 1.96. The Balaban J connectivity index is 1.92. The molecular formula is C21H27N3O3S. The number of aryl methyl sites for hydroxylation is 1. The lowest BCUT2D eigenvalue weighted by molar-refractivity contribution is -0.132. The normalized spacial score (nSPS) is 15.9. The van der Waals surface area contributed by atoms with Crippen LogP contribution < -0.4 is 9.64 Å². The minimum absolute atomic E-state index is 0.0193. The molecule has 1 aromatic carbocycles. The Kier molecular flexibility index (Phi) is 6.34. The molecule has 6 nitrogen and oxygen atoms in total. The highest BCUT2D eigenvalue weighted by Gasteiger charge is 2.35. The van der Waals surface area contributed by atoms with Crippen molar-refractivity contribution >= 4 is 28.8 Å². The van der Waals surface area contributed by atoms with E-state index in [1.165, 1.54) is 0 Å². The van der Waals surface area contributed by atoms with Crippen molar-refractivity contribution in [3.05, 3.63) is 28.6 Å². The van der Waals surface area contributed by atoms with Crippen LogP contribution in [0.15, 0.2) is 23.6 Å². The number of nitrogens with zero attached hydrogens (tertiary/aromatic N) is 3. The Hall–Kier alpha value is -2.41. The predicted octanol–water partition coefficient (Wildman–Crippen LogP) is 3.88. The highest BCUT2D eigenvalue weighted by Crippen LogP contribution is 2.38. The number of rotatable bonds is 7. The third-order valence-corrected chi connectivity index (χ3v) is 5.69. The first-order valence-electron chi connectivity index (χ1n) is 9.73. The van der Waals surface area contributed by atoms with E-state index in [1.807, 2.05) is 37.4 Å². The molecule has 0 aliphatic carbocycles. The molecule has 1 atom stereocenters. The molecule has 0 saturated heterocycles. The van der Waals surface area contributed by atoms with Crippen molar-refractivity contribution in [3.63, 3.8) is 0 Å². The Labute approximate surface area is 170 Å². The minimum atomic E-state index is -0.561. The van der Waals surface area contributed by atoms with Gasteiger partial charge in [-0.2, -0.15) is 0 Å². The second kappa shape index (κ2) is 8.73. The van der Waals surface area contributed by atoms with Gasteiger partial charge >= 0.3 is 0 Å². The van der Waals surface area contributed by atoms with E-state index in [-0.39, 0.29) is 18.4 Å². The van der Waals surface area contributed by atoms with E-state index < -0.39 is 6.10 Å². The molecule has 0 saturated carbocycles. The molecule has 0 N–H and O–H groups in total. The van der Waals surface area contributed by atoms with Crippen LogP contribution in [0.2, 0.25) is 0 Å². The maximum Gasteiger partial charge on any atom is 0.268 e. The lowest BCUT2D eigenvalue weighted by Gasteiger charge is -2.34. The molecule has 0 fully saturated rings. The zero-order chi connectivity index (χ0) is 20.3. The fourth-order valence-corrected chi connectivity index (χ4v) is 3.80. The molecule has 1 aliphatic heterocycles. The van der Waals surface area contributed by atoms with Crippen LogP contribution in [-0.2, 0) is 9.59 Å². The number of carbonyl (C=O) groups is 2. The van der Waals surface area contributed by atoms with E-state index >= 15 is 0 Å². The monoisotopic (exact) mass is 401 g/mol. The largest absolute Gasteiger partial charge is 0.478 e. The van der Waals surface area contributed by atoms with Crippen molar-refractivity contribution in [1.29, 1.82) is 0 Å². The molecule has 0 radical (unpaired) electrons. The summed E-state index contributed by atoms with van der Waals surface area (Å²) in [7, 11) is 1.79. The zero-order valence-electron chi connectivity index (χ0n) is 16.9. The van der Waals surface area contributed by atoms with Gasteiger partial charge in [-0.1, -0.05) is 20.3 Å². The van der Waals surface area contributed by atoms with Crippen LogP contribution in [0.1, 0.15) is 38.1 Å². The molecule has 2 amide bonds. The van der Waals surface area contributed by atoms with Gasteiger partial charge in [0, 0.05) is 24.5 Å². The van der Waals surface area contributed by atoms with E-state index in [2.05, 4.69) is 11.9 Å². The summed E-state index contributed by atoms with van der Waals surface area (Å²) in [5, 5.41) is 2.97. The van der Waals surface area contributed by atoms with E-state index in [4.69, 9.17) is 4.74 Å². The van der Waals surface area contributed by atoms with Gasteiger partial charge in [-0.15, -0.1) is 11.3 Å². The van der Waals surface area contributed by atoms with Crippen LogP contribution in [0.25, 0.3) is 11.3 Å².